The van der Waals surface area contributed by atoms with Crippen LogP contribution in [0, 0.1) is 17.3 Å². The zero-order valence-electron chi connectivity index (χ0n) is 22.2. The van der Waals surface area contributed by atoms with Gasteiger partial charge in [0.15, 0.2) is 17.2 Å². The first-order valence-corrected chi connectivity index (χ1v) is 13.4. The molecule has 0 aliphatic heterocycles. The van der Waals surface area contributed by atoms with E-state index in [1.807, 2.05) is 30.3 Å². The number of methoxy groups -OCH3 is 1. The largest absolute Gasteiger partial charge is 0.451 e. The third-order valence-electron chi connectivity index (χ3n) is 9.62. The van der Waals surface area contributed by atoms with E-state index in [1.54, 1.807) is 6.92 Å². The Hall–Kier alpha value is -2.86. The standard InChI is InChI=1S/C31H36O6/c1-18(32)20-5-7-21(8-6-20)26-16-30(3)27(13-14-31(30,37-19(2)33)28(35)17-36-4)25-11-9-22-15-23(34)10-12-24(22)29(25)26/h5-8,15,25-27H,9-14,16-17H2,1-4H3/t25-,26+,27?,30-,31-/m0/s1. The van der Waals surface area contributed by atoms with Crippen LogP contribution in [0.25, 0.3) is 0 Å². The summed E-state index contributed by atoms with van der Waals surface area (Å²) in [7, 11) is 1.50. The first-order valence-electron chi connectivity index (χ1n) is 13.4. The van der Waals surface area contributed by atoms with Gasteiger partial charge in [-0.1, -0.05) is 36.8 Å². The maximum atomic E-state index is 13.7. The van der Waals surface area contributed by atoms with Crippen LogP contribution in [-0.2, 0) is 23.9 Å². The average molecular weight is 505 g/mol. The van der Waals surface area contributed by atoms with Crippen molar-refractivity contribution in [2.45, 2.75) is 77.2 Å². The van der Waals surface area contributed by atoms with Crippen molar-refractivity contribution < 1.29 is 28.7 Å². The van der Waals surface area contributed by atoms with Crippen molar-refractivity contribution in [3.63, 3.8) is 0 Å². The molecule has 0 heterocycles. The number of ketones is 3. The van der Waals surface area contributed by atoms with Crippen molar-refractivity contribution in [3.05, 3.63) is 58.2 Å². The fourth-order valence-corrected chi connectivity index (χ4v) is 8.07. The zero-order chi connectivity index (χ0) is 26.5. The summed E-state index contributed by atoms with van der Waals surface area (Å²) in [6.07, 6.45) is 6.82. The van der Waals surface area contributed by atoms with Crippen LogP contribution < -0.4 is 0 Å². The van der Waals surface area contributed by atoms with Gasteiger partial charge in [-0.3, -0.25) is 19.2 Å². The van der Waals surface area contributed by atoms with Gasteiger partial charge in [0.2, 0.25) is 5.78 Å². The van der Waals surface area contributed by atoms with Crippen LogP contribution in [0.2, 0.25) is 0 Å². The molecule has 2 fully saturated rings. The lowest BCUT2D eigenvalue weighted by Crippen LogP contribution is -2.58. The second-order valence-corrected chi connectivity index (χ2v) is 11.5. The fourth-order valence-electron chi connectivity index (χ4n) is 8.07. The van der Waals surface area contributed by atoms with Gasteiger partial charge < -0.3 is 9.47 Å². The molecule has 4 aliphatic carbocycles. The molecule has 0 aromatic heterocycles. The maximum absolute atomic E-state index is 13.7. The van der Waals surface area contributed by atoms with Gasteiger partial charge in [0.05, 0.1) is 0 Å². The third kappa shape index (κ3) is 4.04. The van der Waals surface area contributed by atoms with Crippen molar-refractivity contribution in [1.82, 2.24) is 0 Å². The van der Waals surface area contributed by atoms with Crippen molar-refractivity contribution >= 4 is 23.3 Å². The number of rotatable bonds is 6. The van der Waals surface area contributed by atoms with E-state index in [1.165, 1.54) is 25.2 Å². The smallest absolute Gasteiger partial charge is 0.303 e. The molecule has 37 heavy (non-hydrogen) atoms. The lowest BCUT2D eigenvalue weighted by Gasteiger charge is -2.55. The van der Waals surface area contributed by atoms with Gasteiger partial charge in [-0.15, -0.1) is 0 Å². The van der Waals surface area contributed by atoms with Crippen LogP contribution in [0.15, 0.2) is 47.1 Å². The molecule has 4 aliphatic rings. The number of benzene rings is 1. The molecule has 1 aromatic rings. The first kappa shape index (κ1) is 25.8. The molecule has 0 bridgehead atoms. The molecular weight excluding hydrogens is 468 g/mol. The second-order valence-electron chi connectivity index (χ2n) is 11.5. The van der Waals surface area contributed by atoms with Gasteiger partial charge in [-0.2, -0.15) is 0 Å². The number of ether oxygens (including phenoxy) is 2. The van der Waals surface area contributed by atoms with Crippen LogP contribution in [-0.4, -0.2) is 42.6 Å². The van der Waals surface area contributed by atoms with Crippen molar-refractivity contribution in [3.8, 4) is 0 Å². The highest BCUT2D eigenvalue weighted by atomic mass is 16.6. The summed E-state index contributed by atoms with van der Waals surface area (Å²) < 4.78 is 11.3. The van der Waals surface area contributed by atoms with Gasteiger partial charge in [-0.05, 0) is 80.1 Å². The number of allylic oxidation sites excluding steroid dienone is 4. The van der Waals surface area contributed by atoms with E-state index < -0.39 is 17.0 Å². The number of esters is 1. The fraction of sp³-hybridized carbons (Fsp3) is 0.548. The zero-order valence-corrected chi connectivity index (χ0v) is 22.2. The Morgan fingerprint density at radius 3 is 2.41 bits per heavy atom. The highest BCUT2D eigenvalue weighted by molar-refractivity contribution is 5.94. The number of carbonyl (C=O) groups excluding carboxylic acids is 4. The Morgan fingerprint density at radius 1 is 1.03 bits per heavy atom. The normalized spacial score (nSPS) is 32.7. The Balaban J connectivity index is 1.68. The maximum Gasteiger partial charge on any atom is 0.303 e. The lowest BCUT2D eigenvalue weighted by molar-refractivity contribution is -0.185. The highest BCUT2D eigenvalue weighted by Gasteiger charge is 2.68. The summed E-state index contributed by atoms with van der Waals surface area (Å²) in [5.74, 6) is 0.0226. The number of fused-ring (bicyclic) bond motifs is 4. The molecule has 0 N–H and O–H groups in total. The summed E-state index contributed by atoms with van der Waals surface area (Å²) in [5.41, 5.74) is 3.82. The monoisotopic (exact) mass is 504 g/mol. The minimum Gasteiger partial charge on any atom is -0.451 e. The molecule has 2 saturated carbocycles. The molecule has 6 heteroatoms. The van der Waals surface area contributed by atoms with E-state index >= 15 is 0 Å². The molecule has 5 atom stereocenters. The summed E-state index contributed by atoms with van der Waals surface area (Å²) in [6, 6.07) is 7.81. The van der Waals surface area contributed by atoms with Crippen LogP contribution >= 0.6 is 0 Å². The van der Waals surface area contributed by atoms with Crippen molar-refractivity contribution in [2.24, 2.45) is 17.3 Å². The molecule has 1 aromatic carbocycles. The number of carbonyl (C=O) groups is 4. The highest BCUT2D eigenvalue weighted by Crippen LogP contribution is 2.67. The molecule has 0 spiro atoms. The van der Waals surface area contributed by atoms with E-state index in [2.05, 4.69) is 6.92 Å². The molecule has 1 unspecified atom stereocenters. The number of hydrogen-bond donors (Lipinski definition) is 0. The predicted octanol–water partition coefficient (Wildman–Crippen LogP) is 5.31. The molecule has 6 nitrogen and oxygen atoms in total. The quantitative estimate of drug-likeness (QED) is 0.386. The molecular formula is C31H36O6. The van der Waals surface area contributed by atoms with Crippen molar-refractivity contribution in [1.29, 1.82) is 0 Å². The van der Waals surface area contributed by atoms with Crippen LogP contribution in [0.1, 0.15) is 87.6 Å². The van der Waals surface area contributed by atoms with Gasteiger partial charge >= 0.3 is 5.97 Å². The van der Waals surface area contributed by atoms with E-state index in [4.69, 9.17) is 9.47 Å². The summed E-state index contributed by atoms with van der Waals surface area (Å²) in [4.78, 5) is 50.3. The van der Waals surface area contributed by atoms with Crippen LogP contribution in [0.5, 0.6) is 0 Å². The lowest BCUT2D eigenvalue weighted by atomic mass is 9.50. The van der Waals surface area contributed by atoms with E-state index in [0.29, 0.717) is 24.8 Å². The predicted molar refractivity (Wildman–Crippen MR) is 138 cm³/mol. The summed E-state index contributed by atoms with van der Waals surface area (Å²) in [6.45, 7) is 4.98. The summed E-state index contributed by atoms with van der Waals surface area (Å²) >= 11 is 0. The topological polar surface area (TPSA) is 86.7 Å². The van der Waals surface area contributed by atoms with E-state index in [9.17, 15) is 19.2 Å². The summed E-state index contributed by atoms with van der Waals surface area (Å²) in [5, 5.41) is 0. The molecule has 0 saturated heterocycles. The van der Waals surface area contributed by atoms with Gasteiger partial charge in [0.25, 0.3) is 0 Å². The van der Waals surface area contributed by atoms with E-state index in [-0.39, 0.29) is 41.7 Å². The molecule has 0 amide bonds. The SMILES string of the molecule is COCC(=O)[C@@]1(OC(C)=O)CCC2[C@@H]3CCC4=CC(=O)CCC4=C3[C@@H](c3ccc(C(C)=O)cc3)C[C@@]21C. The average Bonchev–Trinajstić information content (AvgIpc) is 3.15. The van der Waals surface area contributed by atoms with Gasteiger partial charge in [0.1, 0.15) is 6.61 Å². The van der Waals surface area contributed by atoms with E-state index in [0.717, 1.165) is 36.8 Å². The Bertz CT molecular complexity index is 1220. The third-order valence-corrected chi connectivity index (χ3v) is 9.62. The van der Waals surface area contributed by atoms with Crippen LogP contribution in [0.3, 0.4) is 0 Å². The first-order chi connectivity index (χ1) is 17.6. The Kier molecular flexibility index (Phi) is 6.59. The Labute approximate surface area is 218 Å². The second kappa shape index (κ2) is 9.46. The minimum absolute atomic E-state index is 0.00235. The van der Waals surface area contributed by atoms with Gasteiger partial charge in [-0.25, -0.2) is 0 Å². The Morgan fingerprint density at radius 2 is 1.76 bits per heavy atom. The number of hydrogen-bond acceptors (Lipinski definition) is 6. The molecule has 196 valence electrons. The minimum atomic E-state index is -1.23. The molecule has 5 rings (SSSR count). The van der Waals surface area contributed by atoms with Gasteiger partial charge in [0, 0.05) is 37.4 Å². The number of Topliss-reactive ketones (excluding diaryl/α,β-unsaturated/α-hetero) is 2. The van der Waals surface area contributed by atoms with Crippen LogP contribution in [0.4, 0.5) is 0 Å². The van der Waals surface area contributed by atoms with Crippen molar-refractivity contribution in [2.75, 3.05) is 13.7 Å². The molecule has 0 radical (unpaired) electrons.